The Morgan fingerprint density at radius 2 is 1.78 bits per heavy atom. The number of aromatic nitrogens is 1. The zero-order valence-electron chi connectivity index (χ0n) is 10.2. The average Bonchev–Trinajstić information content (AvgIpc) is 2.73. The number of nitrogens with zero attached hydrogens (tertiary/aromatic N) is 1. The van der Waals surface area contributed by atoms with Crippen LogP contribution in [0.1, 0.15) is 25.3 Å². The van der Waals surface area contributed by atoms with E-state index < -0.39 is 11.9 Å². The molecule has 2 heterocycles. The molecule has 2 N–H and O–H groups in total. The Labute approximate surface area is 104 Å². The van der Waals surface area contributed by atoms with Gasteiger partial charge in [0.25, 0.3) is 0 Å². The molecule has 0 aliphatic carbocycles. The summed E-state index contributed by atoms with van der Waals surface area (Å²) < 4.78 is 2.16. The lowest BCUT2D eigenvalue weighted by Crippen LogP contribution is -2.09. The van der Waals surface area contributed by atoms with Gasteiger partial charge in [-0.05, 0) is 29.7 Å². The maximum atomic E-state index is 9.10. The highest BCUT2D eigenvalue weighted by molar-refractivity contribution is 6.27. The Kier molecular flexibility index (Phi) is 4.48. The van der Waals surface area contributed by atoms with E-state index in [-0.39, 0.29) is 0 Å². The molecular formula is C13H15NO4. The van der Waals surface area contributed by atoms with Crippen LogP contribution in [0.5, 0.6) is 0 Å². The highest BCUT2D eigenvalue weighted by atomic mass is 16.4. The number of hydrogen-bond acceptors (Lipinski definition) is 2. The molecule has 5 heteroatoms. The molecule has 0 saturated heterocycles. The van der Waals surface area contributed by atoms with Gasteiger partial charge in [-0.1, -0.05) is 19.9 Å². The summed E-state index contributed by atoms with van der Waals surface area (Å²) in [4.78, 5) is 18.2. The monoisotopic (exact) mass is 249 g/mol. The summed E-state index contributed by atoms with van der Waals surface area (Å²) in [5, 5.41) is 14.8. The molecule has 2 aromatic heterocycles. The van der Waals surface area contributed by atoms with E-state index in [0.29, 0.717) is 5.92 Å². The SMILES string of the molecule is CC(C)c1cc2ccccn2c1.O=C(O)C(=O)O. The van der Waals surface area contributed by atoms with Crippen molar-refractivity contribution in [3.05, 3.63) is 42.2 Å². The minimum absolute atomic E-state index is 0.616. The first-order chi connectivity index (χ1) is 8.41. The fraction of sp³-hybridized carbons (Fsp3) is 0.231. The molecule has 18 heavy (non-hydrogen) atoms. The Balaban J connectivity index is 0.000000232. The van der Waals surface area contributed by atoms with Gasteiger partial charge in [0.2, 0.25) is 0 Å². The molecule has 0 fully saturated rings. The lowest BCUT2D eigenvalue weighted by Gasteiger charge is -1.96. The van der Waals surface area contributed by atoms with Gasteiger partial charge in [-0.2, -0.15) is 0 Å². The van der Waals surface area contributed by atoms with Crippen molar-refractivity contribution < 1.29 is 19.8 Å². The van der Waals surface area contributed by atoms with Gasteiger partial charge in [0.1, 0.15) is 0 Å². The molecule has 0 amide bonds. The van der Waals surface area contributed by atoms with Crippen LogP contribution >= 0.6 is 0 Å². The van der Waals surface area contributed by atoms with Gasteiger partial charge in [0.05, 0.1) is 0 Å². The third kappa shape index (κ3) is 3.62. The third-order valence-electron chi connectivity index (χ3n) is 2.38. The topological polar surface area (TPSA) is 79.0 Å². The van der Waals surface area contributed by atoms with Crippen LogP contribution in [0.15, 0.2) is 36.7 Å². The van der Waals surface area contributed by atoms with Gasteiger partial charge in [0.15, 0.2) is 0 Å². The zero-order valence-corrected chi connectivity index (χ0v) is 10.2. The van der Waals surface area contributed by atoms with Crippen LogP contribution in [0.3, 0.4) is 0 Å². The molecule has 0 aliphatic heterocycles. The van der Waals surface area contributed by atoms with Crippen molar-refractivity contribution in [2.24, 2.45) is 0 Å². The maximum absolute atomic E-state index is 9.10. The second-order valence-corrected chi connectivity index (χ2v) is 4.07. The molecule has 0 saturated carbocycles. The predicted octanol–water partition coefficient (Wildman–Crippen LogP) is 2.22. The van der Waals surface area contributed by atoms with Crippen LogP contribution in [0.4, 0.5) is 0 Å². The summed E-state index contributed by atoms with van der Waals surface area (Å²) >= 11 is 0. The summed E-state index contributed by atoms with van der Waals surface area (Å²) in [7, 11) is 0. The molecule has 0 unspecified atom stereocenters. The summed E-state index contributed by atoms with van der Waals surface area (Å²) in [6.07, 6.45) is 4.28. The normalized spacial score (nSPS) is 9.94. The first-order valence-electron chi connectivity index (χ1n) is 5.44. The predicted molar refractivity (Wildman–Crippen MR) is 66.8 cm³/mol. The number of carboxylic acid groups (broad SMARTS) is 2. The molecule has 2 aromatic rings. The number of carbonyl (C=O) groups is 2. The van der Waals surface area contributed by atoms with Crippen LogP contribution in [-0.2, 0) is 9.59 Å². The molecule has 0 radical (unpaired) electrons. The van der Waals surface area contributed by atoms with E-state index >= 15 is 0 Å². The molecule has 5 nitrogen and oxygen atoms in total. The fourth-order valence-electron chi connectivity index (χ4n) is 1.39. The number of carboxylic acids is 2. The number of pyridine rings is 1. The number of hydrogen-bond donors (Lipinski definition) is 2. The van der Waals surface area contributed by atoms with Crippen LogP contribution in [-0.4, -0.2) is 26.6 Å². The molecule has 0 aliphatic rings. The Morgan fingerprint density at radius 3 is 2.22 bits per heavy atom. The van der Waals surface area contributed by atoms with Gasteiger partial charge in [-0.25, -0.2) is 9.59 Å². The lowest BCUT2D eigenvalue weighted by atomic mass is 10.1. The largest absolute Gasteiger partial charge is 0.473 e. The summed E-state index contributed by atoms with van der Waals surface area (Å²) in [5.74, 6) is -3.03. The fourth-order valence-corrected chi connectivity index (χ4v) is 1.39. The third-order valence-corrected chi connectivity index (χ3v) is 2.38. The van der Waals surface area contributed by atoms with Crippen molar-refractivity contribution in [3.8, 4) is 0 Å². The van der Waals surface area contributed by atoms with E-state index in [2.05, 4.69) is 54.9 Å². The molecular weight excluding hydrogens is 234 g/mol. The quantitative estimate of drug-likeness (QED) is 0.759. The minimum Gasteiger partial charge on any atom is -0.473 e. The van der Waals surface area contributed by atoms with Crippen molar-refractivity contribution >= 4 is 17.5 Å². The zero-order chi connectivity index (χ0) is 13.7. The van der Waals surface area contributed by atoms with Crippen molar-refractivity contribution in [2.45, 2.75) is 19.8 Å². The Hall–Kier alpha value is -2.30. The second-order valence-electron chi connectivity index (χ2n) is 4.07. The molecule has 0 atom stereocenters. The molecule has 0 aromatic carbocycles. The van der Waals surface area contributed by atoms with E-state index in [1.807, 2.05) is 0 Å². The molecule has 0 spiro atoms. The van der Waals surface area contributed by atoms with E-state index in [1.54, 1.807) is 0 Å². The molecule has 0 bridgehead atoms. The first-order valence-corrected chi connectivity index (χ1v) is 5.44. The van der Waals surface area contributed by atoms with E-state index in [9.17, 15) is 0 Å². The molecule has 96 valence electrons. The second kappa shape index (κ2) is 5.86. The standard InChI is InChI=1S/C11H13N.C2H2O4/c1-9(2)10-7-11-5-3-4-6-12(11)8-10;3-1(4)2(5)6/h3-9H,1-2H3;(H,3,4)(H,5,6). The number of fused-ring (bicyclic) bond motifs is 1. The maximum Gasteiger partial charge on any atom is 0.414 e. The van der Waals surface area contributed by atoms with E-state index in [1.165, 1.54) is 11.1 Å². The highest BCUT2D eigenvalue weighted by Gasteiger charge is 2.04. The van der Waals surface area contributed by atoms with Gasteiger partial charge in [0, 0.05) is 17.9 Å². The van der Waals surface area contributed by atoms with E-state index in [4.69, 9.17) is 19.8 Å². The molecule has 2 rings (SSSR count). The van der Waals surface area contributed by atoms with Gasteiger partial charge in [-0.15, -0.1) is 0 Å². The Morgan fingerprint density at radius 1 is 1.17 bits per heavy atom. The van der Waals surface area contributed by atoms with Gasteiger partial charge >= 0.3 is 11.9 Å². The first kappa shape index (κ1) is 13.8. The summed E-state index contributed by atoms with van der Waals surface area (Å²) in [6, 6.07) is 8.49. The van der Waals surface area contributed by atoms with Crippen molar-refractivity contribution in [1.82, 2.24) is 4.40 Å². The van der Waals surface area contributed by atoms with E-state index in [0.717, 1.165) is 0 Å². The van der Waals surface area contributed by atoms with Gasteiger partial charge in [-0.3, -0.25) is 0 Å². The summed E-state index contributed by atoms with van der Waals surface area (Å²) in [5.41, 5.74) is 2.68. The Bertz CT molecular complexity index is 512. The minimum atomic E-state index is -1.82. The summed E-state index contributed by atoms with van der Waals surface area (Å²) in [6.45, 7) is 4.43. The van der Waals surface area contributed by atoms with Crippen molar-refractivity contribution in [2.75, 3.05) is 0 Å². The smallest absolute Gasteiger partial charge is 0.414 e. The van der Waals surface area contributed by atoms with Crippen molar-refractivity contribution in [3.63, 3.8) is 0 Å². The van der Waals surface area contributed by atoms with Crippen LogP contribution in [0.25, 0.3) is 5.52 Å². The van der Waals surface area contributed by atoms with Crippen LogP contribution in [0, 0.1) is 0 Å². The number of aliphatic carboxylic acids is 2. The van der Waals surface area contributed by atoms with Crippen LogP contribution < -0.4 is 0 Å². The van der Waals surface area contributed by atoms with Gasteiger partial charge < -0.3 is 14.6 Å². The van der Waals surface area contributed by atoms with Crippen molar-refractivity contribution in [1.29, 1.82) is 0 Å². The van der Waals surface area contributed by atoms with Crippen LogP contribution in [0.2, 0.25) is 0 Å². The average molecular weight is 249 g/mol. The number of rotatable bonds is 1. The lowest BCUT2D eigenvalue weighted by molar-refractivity contribution is -0.159. The highest BCUT2D eigenvalue weighted by Crippen LogP contribution is 2.17.